The van der Waals surface area contributed by atoms with Crippen LogP contribution in [-0.2, 0) is 9.59 Å². The lowest BCUT2D eigenvalue weighted by Gasteiger charge is -1.93. The zero-order valence-electron chi connectivity index (χ0n) is 11.4. The molecule has 0 saturated heterocycles. The summed E-state index contributed by atoms with van der Waals surface area (Å²) < 4.78 is 0. The van der Waals surface area contributed by atoms with Gasteiger partial charge >= 0.3 is 0 Å². The maximum atomic E-state index is 9.40. The van der Waals surface area contributed by atoms with Crippen LogP contribution in [0.2, 0.25) is 0 Å². The topological polar surface area (TPSA) is 151 Å². The van der Waals surface area contributed by atoms with Gasteiger partial charge in [-0.2, -0.15) is 15.0 Å². The third-order valence-electron chi connectivity index (χ3n) is 1.50. The summed E-state index contributed by atoms with van der Waals surface area (Å²) in [6.07, 6.45) is 5.23. The summed E-state index contributed by atoms with van der Waals surface area (Å²) in [6.45, 7) is 3.96. The van der Waals surface area contributed by atoms with E-state index in [0.717, 1.165) is 25.4 Å². The number of unbranched alkanes of at least 4 members (excludes halogenated alkanes) is 2. The highest BCUT2D eigenvalue weighted by molar-refractivity contribution is 5.49. The largest absolute Gasteiger partial charge is 0.368 e. The van der Waals surface area contributed by atoms with Gasteiger partial charge in [-0.05, 0) is 12.8 Å². The molecule has 108 valence electrons. The standard InChI is InChI=1S/2C4H8O.C3H6N6/c2*1-2-3-4-5;4-1-7-2(5)9-3(6)8-1/h2*4H,2-3H2,1H3;(H6,4,5,6,7,8,9). The predicted octanol–water partition coefficient (Wildman–Crippen LogP) is 0.589. The van der Waals surface area contributed by atoms with Crippen molar-refractivity contribution in [3.8, 4) is 0 Å². The van der Waals surface area contributed by atoms with Crippen molar-refractivity contribution in [3.63, 3.8) is 0 Å². The summed E-state index contributed by atoms with van der Waals surface area (Å²) in [4.78, 5) is 29.3. The third-order valence-corrected chi connectivity index (χ3v) is 1.50. The molecule has 0 fully saturated rings. The Kier molecular flexibility index (Phi) is 13.9. The second-order valence-electron chi connectivity index (χ2n) is 3.32. The number of hydrogen-bond acceptors (Lipinski definition) is 8. The van der Waals surface area contributed by atoms with Crippen molar-refractivity contribution in [2.75, 3.05) is 17.2 Å². The second-order valence-corrected chi connectivity index (χ2v) is 3.32. The third kappa shape index (κ3) is 15.8. The van der Waals surface area contributed by atoms with Crippen LogP contribution in [0.3, 0.4) is 0 Å². The molecule has 0 spiro atoms. The molecule has 0 aliphatic carbocycles. The minimum atomic E-state index is 0.0417. The van der Waals surface area contributed by atoms with E-state index in [9.17, 15) is 9.59 Å². The van der Waals surface area contributed by atoms with Gasteiger partial charge in [0.1, 0.15) is 12.6 Å². The summed E-state index contributed by atoms with van der Waals surface area (Å²) >= 11 is 0. The zero-order chi connectivity index (χ0) is 15.1. The number of anilines is 3. The molecule has 0 aliphatic rings. The van der Waals surface area contributed by atoms with Gasteiger partial charge in [0.15, 0.2) is 0 Å². The molecule has 6 N–H and O–H groups in total. The molecule has 1 aromatic rings. The second kappa shape index (κ2) is 13.8. The first-order valence-electron chi connectivity index (χ1n) is 5.91. The van der Waals surface area contributed by atoms with E-state index in [2.05, 4.69) is 15.0 Å². The number of nitrogens with zero attached hydrogens (tertiary/aromatic N) is 3. The Morgan fingerprint density at radius 2 is 1.05 bits per heavy atom. The average Bonchev–Trinajstić information content (AvgIpc) is 2.30. The first-order chi connectivity index (χ1) is 9.01. The van der Waals surface area contributed by atoms with Gasteiger partial charge in [-0.25, -0.2) is 0 Å². The van der Waals surface area contributed by atoms with Crippen LogP contribution in [0.15, 0.2) is 0 Å². The molecule has 1 rings (SSSR count). The molecule has 1 aromatic heterocycles. The number of hydrogen-bond donors (Lipinski definition) is 3. The van der Waals surface area contributed by atoms with Gasteiger partial charge in [-0.15, -0.1) is 0 Å². The molecular weight excluding hydrogens is 248 g/mol. The van der Waals surface area contributed by atoms with E-state index in [1.54, 1.807) is 0 Å². The van der Waals surface area contributed by atoms with Gasteiger partial charge in [0.2, 0.25) is 17.8 Å². The van der Waals surface area contributed by atoms with Gasteiger partial charge in [-0.1, -0.05) is 13.8 Å². The summed E-state index contributed by atoms with van der Waals surface area (Å²) in [5.41, 5.74) is 15.4. The van der Waals surface area contributed by atoms with Crippen LogP contribution < -0.4 is 17.2 Å². The SMILES string of the molecule is CCCC=O.CCCC=O.Nc1nc(N)nc(N)n1. The zero-order valence-corrected chi connectivity index (χ0v) is 11.4. The lowest BCUT2D eigenvalue weighted by Crippen LogP contribution is -2.05. The molecule has 0 saturated carbocycles. The average molecular weight is 270 g/mol. The van der Waals surface area contributed by atoms with Crippen molar-refractivity contribution < 1.29 is 9.59 Å². The summed E-state index contributed by atoms with van der Waals surface area (Å²) in [5, 5.41) is 0. The van der Waals surface area contributed by atoms with E-state index in [-0.39, 0.29) is 17.8 Å². The van der Waals surface area contributed by atoms with E-state index in [1.807, 2.05) is 13.8 Å². The number of carbonyl (C=O) groups is 2. The Morgan fingerprint density at radius 1 is 0.789 bits per heavy atom. The van der Waals surface area contributed by atoms with E-state index < -0.39 is 0 Å². The Bertz CT molecular complexity index is 299. The van der Waals surface area contributed by atoms with Crippen LogP contribution >= 0.6 is 0 Å². The van der Waals surface area contributed by atoms with Crippen LogP contribution in [-0.4, -0.2) is 27.5 Å². The first kappa shape index (κ1) is 19.1. The summed E-state index contributed by atoms with van der Waals surface area (Å²) in [6, 6.07) is 0. The molecule has 19 heavy (non-hydrogen) atoms. The molecule has 0 aromatic carbocycles. The lowest BCUT2D eigenvalue weighted by molar-refractivity contribution is -0.108. The van der Waals surface area contributed by atoms with Crippen LogP contribution in [0.5, 0.6) is 0 Å². The normalized spacial score (nSPS) is 8.32. The smallest absolute Gasteiger partial charge is 0.226 e. The highest BCUT2D eigenvalue weighted by Crippen LogP contribution is 1.97. The highest BCUT2D eigenvalue weighted by Gasteiger charge is 1.93. The monoisotopic (exact) mass is 270 g/mol. The molecule has 0 aliphatic heterocycles. The van der Waals surface area contributed by atoms with Crippen LogP contribution in [0.1, 0.15) is 39.5 Å². The number of aldehydes is 2. The maximum absolute atomic E-state index is 9.40. The van der Waals surface area contributed by atoms with Crippen molar-refractivity contribution in [1.29, 1.82) is 0 Å². The molecular formula is C11H22N6O2. The quantitative estimate of drug-likeness (QED) is 0.672. The fourth-order valence-corrected chi connectivity index (χ4v) is 0.663. The summed E-state index contributed by atoms with van der Waals surface area (Å²) in [7, 11) is 0. The molecule has 0 radical (unpaired) electrons. The first-order valence-corrected chi connectivity index (χ1v) is 5.91. The molecule has 0 amide bonds. The number of nitrogen functional groups attached to an aromatic ring is 3. The number of aromatic nitrogens is 3. The van der Waals surface area contributed by atoms with E-state index in [1.165, 1.54) is 0 Å². The van der Waals surface area contributed by atoms with Crippen molar-refractivity contribution >= 4 is 30.4 Å². The van der Waals surface area contributed by atoms with E-state index in [4.69, 9.17) is 17.2 Å². The van der Waals surface area contributed by atoms with Gasteiger partial charge < -0.3 is 26.8 Å². The molecule has 8 heteroatoms. The Morgan fingerprint density at radius 3 is 1.16 bits per heavy atom. The Labute approximate surface area is 112 Å². The van der Waals surface area contributed by atoms with Crippen LogP contribution in [0, 0.1) is 0 Å². The molecule has 0 bridgehead atoms. The van der Waals surface area contributed by atoms with E-state index >= 15 is 0 Å². The van der Waals surface area contributed by atoms with Gasteiger partial charge in [0.05, 0.1) is 0 Å². The van der Waals surface area contributed by atoms with Gasteiger partial charge in [0, 0.05) is 12.8 Å². The van der Waals surface area contributed by atoms with Crippen molar-refractivity contribution in [2.24, 2.45) is 0 Å². The predicted molar refractivity (Wildman–Crippen MR) is 75.0 cm³/mol. The van der Waals surface area contributed by atoms with Crippen molar-refractivity contribution in [2.45, 2.75) is 39.5 Å². The van der Waals surface area contributed by atoms with Crippen molar-refractivity contribution in [3.05, 3.63) is 0 Å². The Balaban J connectivity index is 0. The van der Waals surface area contributed by atoms with E-state index in [0.29, 0.717) is 12.8 Å². The molecule has 8 nitrogen and oxygen atoms in total. The minimum absolute atomic E-state index is 0.0417. The lowest BCUT2D eigenvalue weighted by atomic mass is 10.4. The Hall–Kier alpha value is -2.25. The fourth-order valence-electron chi connectivity index (χ4n) is 0.663. The molecule has 1 heterocycles. The van der Waals surface area contributed by atoms with Crippen LogP contribution in [0.4, 0.5) is 17.8 Å². The van der Waals surface area contributed by atoms with Gasteiger partial charge in [0.25, 0.3) is 0 Å². The van der Waals surface area contributed by atoms with Crippen molar-refractivity contribution in [1.82, 2.24) is 15.0 Å². The molecule has 0 atom stereocenters. The number of rotatable bonds is 4. The molecule has 0 unspecified atom stereocenters. The fraction of sp³-hybridized carbons (Fsp3) is 0.545. The summed E-state index contributed by atoms with van der Waals surface area (Å²) in [5.74, 6) is 0.125. The minimum Gasteiger partial charge on any atom is -0.368 e. The number of nitrogens with two attached hydrogens (primary N) is 3. The highest BCUT2D eigenvalue weighted by atomic mass is 16.1. The number of carbonyl (C=O) groups excluding carboxylic acids is 2. The van der Waals surface area contributed by atoms with Crippen LogP contribution in [0.25, 0.3) is 0 Å². The van der Waals surface area contributed by atoms with Gasteiger partial charge in [-0.3, -0.25) is 0 Å². The maximum Gasteiger partial charge on any atom is 0.226 e.